The largest absolute Gasteiger partial charge is 0.308 e. The van der Waals surface area contributed by atoms with Gasteiger partial charge in [-0.15, -0.1) is 0 Å². The summed E-state index contributed by atoms with van der Waals surface area (Å²) in [4.78, 5) is 6.42. The summed E-state index contributed by atoms with van der Waals surface area (Å²) in [5.41, 5.74) is 3.20. The third kappa shape index (κ3) is 2.84. The molecular formula is C16H17BrN4. The Kier molecular flexibility index (Phi) is 4.03. The molecule has 0 bridgehead atoms. The molecule has 0 saturated carbocycles. The van der Waals surface area contributed by atoms with Crippen molar-refractivity contribution in [3.05, 3.63) is 47.2 Å². The van der Waals surface area contributed by atoms with Crippen LogP contribution in [0.1, 0.15) is 0 Å². The van der Waals surface area contributed by atoms with Crippen LogP contribution in [0.25, 0.3) is 22.2 Å². The van der Waals surface area contributed by atoms with Gasteiger partial charge in [-0.25, -0.2) is 0 Å². The Morgan fingerprint density at radius 3 is 2.76 bits per heavy atom. The second-order valence-corrected chi connectivity index (χ2v) is 6.10. The Morgan fingerprint density at radius 1 is 1.19 bits per heavy atom. The van der Waals surface area contributed by atoms with Gasteiger partial charge < -0.3 is 4.90 Å². The fraction of sp³-hybridized carbons (Fsp3) is 0.250. The summed E-state index contributed by atoms with van der Waals surface area (Å²) in [6.07, 6.45) is 3.71. The van der Waals surface area contributed by atoms with Crippen molar-refractivity contribution in [3.63, 3.8) is 0 Å². The van der Waals surface area contributed by atoms with E-state index in [2.05, 4.69) is 50.7 Å². The Labute approximate surface area is 132 Å². The minimum absolute atomic E-state index is 0.859. The first-order chi connectivity index (χ1) is 10.2. The third-order valence-electron chi connectivity index (χ3n) is 3.44. The lowest BCUT2D eigenvalue weighted by atomic mass is 10.1. The molecule has 0 radical (unpaired) electrons. The lowest BCUT2D eigenvalue weighted by Crippen LogP contribution is -2.18. The van der Waals surface area contributed by atoms with Gasteiger partial charge in [0.2, 0.25) is 0 Å². The lowest BCUT2D eigenvalue weighted by Gasteiger charge is -2.09. The normalized spacial score (nSPS) is 11.4. The molecule has 2 heterocycles. The number of rotatable bonds is 4. The molecule has 0 aliphatic carbocycles. The molecule has 3 aromatic rings. The SMILES string of the molecule is CN(C)CCn1nc(-c2ccccc2Br)c2cnccc21. The maximum Gasteiger partial charge on any atom is 0.103 e. The number of hydrogen-bond donors (Lipinski definition) is 0. The first-order valence-corrected chi connectivity index (χ1v) is 7.66. The van der Waals surface area contributed by atoms with Crippen LogP contribution in [0.4, 0.5) is 0 Å². The summed E-state index contributed by atoms with van der Waals surface area (Å²) in [7, 11) is 4.14. The molecule has 5 heteroatoms. The minimum atomic E-state index is 0.859. The monoisotopic (exact) mass is 344 g/mol. The van der Waals surface area contributed by atoms with E-state index in [1.807, 2.05) is 36.7 Å². The highest BCUT2D eigenvalue weighted by Crippen LogP contribution is 2.32. The summed E-state index contributed by atoms with van der Waals surface area (Å²) in [5.74, 6) is 0. The highest BCUT2D eigenvalue weighted by Gasteiger charge is 2.14. The van der Waals surface area contributed by atoms with Gasteiger partial charge in [0.05, 0.1) is 12.1 Å². The first kappa shape index (κ1) is 14.2. The van der Waals surface area contributed by atoms with Crippen LogP contribution in [0.2, 0.25) is 0 Å². The predicted octanol–water partition coefficient (Wildman–Crippen LogP) is 3.42. The van der Waals surface area contributed by atoms with Crippen LogP contribution in [-0.2, 0) is 6.54 Å². The molecule has 108 valence electrons. The molecule has 21 heavy (non-hydrogen) atoms. The highest BCUT2D eigenvalue weighted by atomic mass is 79.9. The third-order valence-corrected chi connectivity index (χ3v) is 4.13. The fourth-order valence-corrected chi connectivity index (χ4v) is 2.81. The molecule has 4 nitrogen and oxygen atoms in total. The minimum Gasteiger partial charge on any atom is -0.308 e. The average molecular weight is 345 g/mol. The average Bonchev–Trinajstić information content (AvgIpc) is 2.84. The van der Waals surface area contributed by atoms with Crippen molar-refractivity contribution >= 4 is 26.8 Å². The number of benzene rings is 1. The van der Waals surface area contributed by atoms with E-state index in [-0.39, 0.29) is 0 Å². The van der Waals surface area contributed by atoms with Gasteiger partial charge in [0, 0.05) is 34.4 Å². The van der Waals surface area contributed by atoms with Gasteiger partial charge in [-0.1, -0.05) is 34.1 Å². The topological polar surface area (TPSA) is 34.0 Å². The van der Waals surface area contributed by atoms with E-state index in [1.54, 1.807) is 0 Å². The van der Waals surface area contributed by atoms with E-state index in [1.165, 1.54) is 0 Å². The van der Waals surface area contributed by atoms with Gasteiger partial charge in [0.1, 0.15) is 5.69 Å². The van der Waals surface area contributed by atoms with Crippen LogP contribution >= 0.6 is 15.9 Å². The molecule has 0 atom stereocenters. The van der Waals surface area contributed by atoms with Crippen molar-refractivity contribution in [2.24, 2.45) is 0 Å². The number of fused-ring (bicyclic) bond motifs is 1. The Morgan fingerprint density at radius 2 is 2.00 bits per heavy atom. The van der Waals surface area contributed by atoms with Gasteiger partial charge in [0.25, 0.3) is 0 Å². The van der Waals surface area contributed by atoms with Crippen molar-refractivity contribution in [1.82, 2.24) is 19.7 Å². The molecule has 0 saturated heterocycles. The summed E-state index contributed by atoms with van der Waals surface area (Å²) in [5, 5.41) is 5.90. The van der Waals surface area contributed by atoms with E-state index in [9.17, 15) is 0 Å². The van der Waals surface area contributed by atoms with Crippen LogP contribution in [-0.4, -0.2) is 40.3 Å². The van der Waals surface area contributed by atoms with Crippen molar-refractivity contribution < 1.29 is 0 Å². The van der Waals surface area contributed by atoms with Crippen LogP contribution < -0.4 is 0 Å². The maximum atomic E-state index is 4.81. The number of nitrogens with zero attached hydrogens (tertiary/aromatic N) is 4. The molecule has 0 unspecified atom stereocenters. The zero-order valence-electron chi connectivity index (χ0n) is 12.1. The first-order valence-electron chi connectivity index (χ1n) is 6.87. The second-order valence-electron chi connectivity index (χ2n) is 5.25. The number of pyridine rings is 1. The van der Waals surface area contributed by atoms with E-state index >= 15 is 0 Å². The van der Waals surface area contributed by atoms with Crippen molar-refractivity contribution in [2.75, 3.05) is 20.6 Å². The molecule has 0 amide bonds. The second kappa shape index (κ2) is 5.95. The number of halogens is 1. The van der Waals surface area contributed by atoms with Crippen LogP contribution in [0.5, 0.6) is 0 Å². The Balaban J connectivity index is 2.13. The molecule has 1 aromatic carbocycles. The number of likely N-dealkylation sites (N-methyl/N-ethyl adjacent to an activating group) is 1. The summed E-state index contributed by atoms with van der Waals surface area (Å²) >= 11 is 3.61. The molecular weight excluding hydrogens is 328 g/mol. The van der Waals surface area contributed by atoms with E-state index in [0.29, 0.717) is 0 Å². The van der Waals surface area contributed by atoms with E-state index < -0.39 is 0 Å². The van der Waals surface area contributed by atoms with Crippen molar-refractivity contribution in [1.29, 1.82) is 0 Å². The van der Waals surface area contributed by atoms with Gasteiger partial charge >= 0.3 is 0 Å². The molecule has 0 aliphatic rings. The maximum absolute atomic E-state index is 4.81. The zero-order valence-corrected chi connectivity index (χ0v) is 13.7. The molecule has 3 rings (SSSR count). The number of aromatic nitrogens is 3. The smallest absolute Gasteiger partial charge is 0.103 e. The predicted molar refractivity (Wildman–Crippen MR) is 89.2 cm³/mol. The molecule has 2 aromatic heterocycles. The standard InChI is InChI=1S/C16H17BrN4/c1-20(2)9-10-21-15-7-8-18-11-13(15)16(19-21)12-5-3-4-6-14(12)17/h3-8,11H,9-10H2,1-2H3. The Hall–Kier alpha value is -1.72. The highest BCUT2D eigenvalue weighted by molar-refractivity contribution is 9.10. The van der Waals surface area contributed by atoms with Gasteiger partial charge in [0.15, 0.2) is 0 Å². The van der Waals surface area contributed by atoms with Crippen molar-refractivity contribution in [2.45, 2.75) is 6.54 Å². The molecule has 0 spiro atoms. The van der Waals surface area contributed by atoms with Gasteiger partial charge in [-0.05, 0) is 26.2 Å². The van der Waals surface area contributed by atoms with E-state index in [4.69, 9.17) is 5.10 Å². The Bertz CT molecular complexity index is 764. The number of hydrogen-bond acceptors (Lipinski definition) is 3. The van der Waals surface area contributed by atoms with Crippen LogP contribution in [0.15, 0.2) is 47.2 Å². The summed E-state index contributed by atoms with van der Waals surface area (Å²) in [6.45, 7) is 1.81. The summed E-state index contributed by atoms with van der Waals surface area (Å²) < 4.78 is 3.11. The summed E-state index contributed by atoms with van der Waals surface area (Å²) in [6, 6.07) is 10.2. The van der Waals surface area contributed by atoms with Crippen molar-refractivity contribution in [3.8, 4) is 11.3 Å². The quantitative estimate of drug-likeness (QED) is 0.727. The fourth-order valence-electron chi connectivity index (χ4n) is 2.34. The lowest BCUT2D eigenvalue weighted by molar-refractivity contribution is 0.377. The van der Waals surface area contributed by atoms with E-state index in [0.717, 1.165) is 39.7 Å². The van der Waals surface area contributed by atoms with Gasteiger partial charge in [-0.3, -0.25) is 9.67 Å². The zero-order chi connectivity index (χ0) is 14.8. The van der Waals surface area contributed by atoms with Crippen LogP contribution in [0.3, 0.4) is 0 Å². The molecule has 0 aliphatic heterocycles. The van der Waals surface area contributed by atoms with Crippen LogP contribution in [0, 0.1) is 0 Å². The molecule has 0 fully saturated rings. The molecule has 0 N–H and O–H groups in total. The van der Waals surface area contributed by atoms with Gasteiger partial charge in [-0.2, -0.15) is 5.10 Å².